The molecule has 0 radical (unpaired) electrons. The van der Waals surface area contributed by atoms with Gasteiger partial charge < -0.3 is 10.0 Å². The van der Waals surface area contributed by atoms with E-state index in [9.17, 15) is 5.11 Å². The number of rotatable bonds is 4. The molecule has 1 aliphatic rings. The minimum atomic E-state index is -0.530. The summed E-state index contributed by atoms with van der Waals surface area (Å²) in [6.07, 6.45) is 2.47. The van der Waals surface area contributed by atoms with E-state index in [0.717, 1.165) is 49.6 Å². The van der Waals surface area contributed by atoms with Crippen LogP contribution in [0.5, 0.6) is 0 Å². The lowest BCUT2D eigenvalue weighted by atomic mass is 9.88. The second-order valence-corrected chi connectivity index (χ2v) is 6.92. The Morgan fingerprint density at radius 2 is 2.11 bits per heavy atom. The highest BCUT2D eigenvalue weighted by molar-refractivity contribution is 7.09. The van der Waals surface area contributed by atoms with Gasteiger partial charge in [-0.2, -0.15) is 0 Å². The molecular weight excluding hydrogens is 244 g/mol. The normalized spacial score (nSPS) is 20.5. The summed E-state index contributed by atoms with van der Waals surface area (Å²) >= 11 is 1.67. The van der Waals surface area contributed by atoms with Crippen molar-refractivity contribution < 1.29 is 5.11 Å². The van der Waals surface area contributed by atoms with Gasteiger partial charge in [-0.15, -0.1) is 11.3 Å². The van der Waals surface area contributed by atoms with Gasteiger partial charge in [-0.25, -0.2) is 4.98 Å². The Bertz CT molecular complexity index is 381. The standard InChI is InChI=1S/C14H24N2OS/c1-11(2)9-16-6-4-14(17,5-7-16)8-13-15-12(3)10-18-13/h10-11,17H,4-9H2,1-3H3. The molecule has 0 spiro atoms. The smallest absolute Gasteiger partial charge is 0.0956 e. The van der Waals surface area contributed by atoms with Crippen LogP contribution in [0.4, 0.5) is 0 Å². The van der Waals surface area contributed by atoms with Crippen LogP contribution in [0.3, 0.4) is 0 Å². The molecule has 0 aliphatic carbocycles. The van der Waals surface area contributed by atoms with E-state index in [4.69, 9.17) is 0 Å². The van der Waals surface area contributed by atoms with E-state index in [-0.39, 0.29) is 0 Å². The van der Waals surface area contributed by atoms with Gasteiger partial charge >= 0.3 is 0 Å². The van der Waals surface area contributed by atoms with Crippen molar-refractivity contribution >= 4 is 11.3 Å². The zero-order valence-corrected chi connectivity index (χ0v) is 12.5. The van der Waals surface area contributed by atoms with Crippen molar-refractivity contribution in [2.75, 3.05) is 19.6 Å². The van der Waals surface area contributed by atoms with E-state index in [0.29, 0.717) is 5.92 Å². The lowest BCUT2D eigenvalue weighted by Crippen LogP contribution is -2.46. The van der Waals surface area contributed by atoms with Gasteiger partial charge in [0, 0.05) is 37.1 Å². The summed E-state index contributed by atoms with van der Waals surface area (Å²) in [7, 11) is 0. The van der Waals surface area contributed by atoms with Gasteiger partial charge in [0.05, 0.1) is 10.6 Å². The number of likely N-dealkylation sites (tertiary alicyclic amines) is 1. The molecule has 1 aromatic rings. The van der Waals surface area contributed by atoms with Gasteiger partial charge in [-0.1, -0.05) is 13.8 Å². The largest absolute Gasteiger partial charge is 0.389 e. The topological polar surface area (TPSA) is 36.4 Å². The maximum atomic E-state index is 10.6. The Morgan fingerprint density at radius 1 is 1.44 bits per heavy atom. The molecular formula is C14H24N2OS. The molecule has 3 nitrogen and oxygen atoms in total. The first kappa shape index (κ1) is 14.0. The van der Waals surface area contributed by atoms with Crippen molar-refractivity contribution in [2.24, 2.45) is 5.92 Å². The molecule has 0 aromatic carbocycles. The summed E-state index contributed by atoms with van der Waals surface area (Å²) in [5.74, 6) is 0.706. The second-order valence-electron chi connectivity index (χ2n) is 5.98. The molecule has 18 heavy (non-hydrogen) atoms. The predicted octanol–water partition coefficient (Wildman–Crippen LogP) is 2.48. The Kier molecular flexibility index (Phi) is 4.41. The summed E-state index contributed by atoms with van der Waals surface area (Å²) in [6.45, 7) is 9.68. The summed E-state index contributed by atoms with van der Waals surface area (Å²) in [4.78, 5) is 6.93. The van der Waals surface area contributed by atoms with Gasteiger partial charge in [-0.05, 0) is 25.7 Å². The van der Waals surface area contributed by atoms with Crippen LogP contribution in [0.25, 0.3) is 0 Å². The van der Waals surface area contributed by atoms with E-state index in [1.54, 1.807) is 11.3 Å². The number of thiazole rings is 1. The zero-order chi connectivity index (χ0) is 13.2. The third-order valence-electron chi connectivity index (χ3n) is 3.56. The summed E-state index contributed by atoms with van der Waals surface area (Å²) in [5, 5.41) is 13.8. The van der Waals surface area contributed by atoms with Crippen LogP contribution in [0.2, 0.25) is 0 Å². The van der Waals surface area contributed by atoms with Crippen molar-refractivity contribution in [3.05, 3.63) is 16.1 Å². The highest BCUT2D eigenvalue weighted by Crippen LogP contribution is 2.27. The maximum absolute atomic E-state index is 10.6. The first-order valence-corrected chi connectivity index (χ1v) is 7.70. The van der Waals surface area contributed by atoms with Crippen LogP contribution >= 0.6 is 11.3 Å². The molecule has 2 rings (SSSR count). The summed E-state index contributed by atoms with van der Waals surface area (Å²) in [5.41, 5.74) is 0.536. The zero-order valence-electron chi connectivity index (χ0n) is 11.6. The second kappa shape index (κ2) is 5.68. The van der Waals surface area contributed by atoms with Crippen LogP contribution < -0.4 is 0 Å². The number of hydrogen-bond donors (Lipinski definition) is 1. The molecule has 0 saturated carbocycles. The first-order valence-electron chi connectivity index (χ1n) is 6.83. The molecule has 1 fully saturated rings. The van der Waals surface area contributed by atoms with E-state index in [1.165, 1.54) is 0 Å². The van der Waals surface area contributed by atoms with Gasteiger partial charge in [0.2, 0.25) is 0 Å². The van der Waals surface area contributed by atoms with Crippen molar-refractivity contribution in [1.29, 1.82) is 0 Å². The number of hydrogen-bond acceptors (Lipinski definition) is 4. The first-order chi connectivity index (χ1) is 8.47. The monoisotopic (exact) mass is 268 g/mol. The van der Waals surface area contributed by atoms with Gasteiger partial charge in [0.1, 0.15) is 0 Å². The number of piperidine rings is 1. The molecule has 4 heteroatoms. The molecule has 0 unspecified atom stereocenters. The minimum Gasteiger partial charge on any atom is -0.389 e. The molecule has 102 valence electrons. The highest BCUT2D eigenvalue weighted by atomic mass is 32.1. The van der Waals surface area contributed by atoms with E-state index in [1.807, 2.05) is 6.92 Å². The highest BCUT2D eigenvalue weighted by Gasteiger charge is 2.33. The summed E-state index contributed by atoms with van der Waals surface area (Å²) < 4.78 is 0. The third kappa shape index (κ3) is 3.77. The number of aryl methyl sites for hydroxylation is 1. The average molecular weight is 268 g/mol. The van der Waals surface area contributed by atoms with E-state index in [2.05, 4.69) is 29.1 Å². The minimum absolute atomic E-state index is 0.530. The molecule has 1 saturated heterocycles. The molecule has 1 aliphatic heterocycles. The number of nitrogens with zero attached hydrogens (tertiary/aromatic N) is 2. The van der Waals surface area contributed by atoms with Crippen LogP contribution in [0.15, 0.2) is 5.38 Å². The molecule has 2 heterocycles. The van der Waals surface area contributed by atoms with E-state index >= 15 is 0 Å². The lowest BCUT2D eigenvalue weighted by Gasteiger charge is -2.38. The Morgan fingerprint density at radius 3 is 2.61 bits per heavy atom. The lowest BCUT2D eigenvalue weighted by molar-refractivity contribution is -0.0227. The van der Waals surface area contributed by atoms with Gasteiger partial charge in [-0.3, -0.25) is 0 Å². The number of aliphatic hydroxyl groups is 1. The van der Waals surface area contributed by atoms with Gasteiger partial charge in [0.15, 0.2) is 0 Å². The van der Waals surface area contributed by atoms with Crippen LogP contribution in [-0.2, 0) is 6.42 Å². The third-order valence-corrected chi connectivity index (χ3v) is 4.52. The van der Waals surface area contributed by atoms with Crippen LogP contribution in [0, 0.1) is 12.8 Å². The van der Waals surface area contributed by atoms with Crippen molar-refractivity contribution in [3.63, 3.8) is 0 Å². The fourth-order valence-electron chi connectivity index (χ4n) is 2.61. The fourth-order valence-corrected chi connectivity index (χ4v) is 3.52. The van der Waals surface area contributed by atoms with Crippen LogP contribution in [0.1, 0.15) is 37.4 Å². The molecule has 0 atom stereocenters. The Hall–Kier alpha value is -0.450. The molecule has 0 bridgehead atoms. The van der Waals surface area contributed by atoms with Crippen molar-refractivity contribution in [3.8, 4) is 0 Å². The van der Waals surface area contributed by atoms with E-state index < -0.39 is 5.60 Å². The van der Waals surface area contributed by atoms with Gasteiger partial charge in [0.25, 0.3) is 0 Å². The Labute approximate surface area is 114 Å². The SMILES string of the molecule is Cc1csc(CC2(O)CCN(CC(C)C)CC2)n1. The maximum Gasteiger partial charge on any atom is 0.0956 e. The summed E-state index contributed by atoms with van der Waals surface area (Å²) in [6, 6.07) is 0. The molecule has 0 amide bonds. The average Bonchev–Trinajstić information content (AvgIpc) is 2.67. The predicted molar refractivity (Wildman–Crippen MR) is 76.0 cm³/mol. The number of aromatic nitrogens is 1. The van der Waals surface area contributed by atoms with Crippen LogP contribution in [-0.4, -0.2) is 40.2 Å². The molecule has 1 N–H and O–H groups in total. The molecule has 1 aromatic heterocycles. The van der Waals surface area contributed by atoms with Crippen molar-refractivity contribution in [1.82, 2.24) is 9.88 Å². The quantitative estimate of drug-likeness (QED) is 0.911. The Balaban J connectivity index is 1.87. The fraction of sp³-hybridized carbons (Fsp3) is 0.786. The van der Waals surface area contributed by atoms with Crippen molar-refractivity contribution in [2.45, 2.75) is 45.6 Å².